The molecule has 0 bridgehead atoms. The van der Waals surface area contributed by atoms with E-state index in [2.05, 4.69) is 15.5 Å². The molecule has 2 fully saturated rings. The van der Waals surface area contributed by atoms with Crippen molar-refractivity contribution in [3.05, 3.63) is 64.7 Å². The monoisotopic (exact) mass is 385 g/mol. The van der Waals surface area contributed by atoms with Crippen molar-refractivity contribution in [1.82, 2.24) is 10.6 Å². The van der Waals surface area contributed by atoms with Crippen molar-refractivity contribution >= 4 is 11.6 Å². The van der Waals surface area contributed by atoms with Gasteiger partial charge in [-0.15, -0.1) is 0 Å². The molecule has 3 atom stereocenters. The Morgan fingerprint density at radius 2 is 1.96 bits per heavy atom. The van der Waals surface area contributed by atoms with Crippen molar-refractivity contribution in [2.24, 2.45) is 5.92 Å². The Labute approximate surface area is 163 Å². The number of rotatable bonds is 3. The lowest BCUT2D eigenvalue weighted by Crippen LogP contribution is -2.44. The quantitative estimate of drug-likeness (QED) is 0.849. The van der Waals surface area contributed by atoms with E-state index in [1.165, 1.54) is 18.2 Å². The first-order valence-electron chi connectivity index (χ1n) is 9.75. The minimum absolute atomic E-state index is 0.0943. The minimum Gasteiger partial charge on any atom is -0.371 e. The lowest BCUT2D eigenvalue weighted by atomic mass is 9.90. The molecule has 2 aromatic rings. The highest BCUT2D eigenvalue weighted by molar-refractivity contribution is 5.94. The molecule has 4 nitrogen and oxygen atoms in total. The topological polar surface area (TPSA) is 44.4 Å². The molecule has 6 heteroatoms. The van der Waals surface area contributed by atoms with Gasteiger partial charge >= 0.3 is 0 Å². The molecule has 1 amide bonds. The zero-order valence-electron chi connectivity index (χ0n) is 16.1. The largest absolute Gasteiger partial charge is 0.371 e. The van der Waals surface area contributed by atoms with E-state index in [4.69, 9.17) is 0 Å². The first-order valence-corrected chi connectivity index (χ1v) is 9.75. The van der Waals surface area contributed by atoms with Crippen LogP contribution in [0.5, 0.6) is 0 Å². The third-order valence-corrected chi connectivity index (χ3v) is 6.06. The van der Waals surface area contributed by atoms with E-state index in [1.54, 1.807) is 7.05 Å². The third kappa shape index (κ3) is 3.37. The van der Waals surface area contributed by atoms with Gasteiger partial charge in [-0.25, -0.2) is 8.78 Å². The molecule has 4 rings (SSSR count). The summed E-state index contributed by atoms with van der Waals surface area (Å²) in [5, 5.41) is 6.09. The van der Waals surface area contributed by atoms with Crippen LogP contribution in [-0.2, 0) is 0 Å². The predicted octanol–water partition coefficient (Wildman–Crippen LogP) is 3.56. The van der Waals surface area contributed by atoms with Crippen LogP contribution in [0.25, 0.3) is 0 Å². The zero-order chi connectivity index (χ0) is 19.8. The van der Waals surface area contributed by atoms with E-state index in [0.29, 0.717) is 17.9 Å². The fourth-order valence-corrected chi connectivity index (χ4v) is 4.68. The maximum atomic E-state index is 14.2. The van der Waals surface area contributed by atoms with Gasteiger partial charge in [-0.3, -0.25) is 4.79 Å². The van der Waals surface area contributed by atoms with Gasteiger partial charge in [0.1, 0.15) is 11.6 Å². The summed E-state index contributed by atoms with van der Waals surface area (Å²) >= 11 is 0. The lowest BCUT2D eigenvalue weighted by Gasteiger charge is -2.37. The summed E-state index contributed by atoms with van der Waals surface area (Å²) in [5.41, 5.74) is 2.99. The molecule has 2 heterocycles. The van der Waals surface area contributed by atoms with Crippen molar-refractivity contribution in [2.45, 2.75) is 31.8 Å². The number of hydrogen-bond donors (Lipinski definition) is 2. The first-order chi connectivity index (χ1) is 13.5. The normalized spacial score (nSPS) is 24.1. The maximum absolute atomic E-state index is 14.2. The Bertz CT molecular complexity index is 881. The summed E-state index contributed by atoms with van der Waals surface area (Å²) in [6.07, 6.45) is 1.64. The predicted molar refractivity (Wildman–Crippen MR) is 106 cm³/mol. The summed E-state index contributed by atoms with van der Waals surface area (Å²) in [4.78, 5) is 14.2. The highest BCUT2D eigenvalue weighted by Gasteiger charge is 2.40. The number of aryl methyl sites for hydroxylation is 1. The fraction of sp³-hybridized carbons (Fsp3) is 0.409. The summed E-state index contributed by atoms with van der Waals surface area (Å²) in [5.74, 6) is -0.721. The van der Waals surface area contributed by atoms with Gasteiger partial charge in [0.25, 0.3) is 5.91 Å². The number of anilines is 1. The average molecular weight is 385 g/mol. The van der Waals surface area contributed by atoms with E-state index < -0.39 is 11.6 Å². The van der Waals surface area contributed by atoms with E-state index in [9.17, 15) is 13.6 Å². The smallest absolute Gasteiger partial charge is 0.251 e. The van der Waals surface area contributed by atoms with Crippen LogP contribution in [0.2, 0.25) is 0 Å². The molecule has 2 aromatic carbocycles. The summed E-state index contributed by atoms with van der Waals surface area (Å²) in [6, 6.07) is 9.79. The second-order valence-corrected chi connectivity index (χ2v) is 7.77. The van der Waals surface area contributed by atoms with Crippen molar-refractivity contribution in [3.63, 3.8) is 0 Å². The SMILES string of the molecule is CNC(=O)c1ccc(N2CCC3NC(c4c(F)cccc4F)CC3C2)c(C)c1. The number of fused-ring (bicyclic) bond motifs is 1. The number of carbonyl (C=O) groups is 1. The van der Waals surface area contributed by atoms with E-state index in [1.807, 2.05) is 25.1 Å². The minimum atomic E-state index is -0.478. The summed E-state index contributed by atoms with van der Waals surface area (Å²) in [7, 11) is 1.62. The molecule has 2 aliphatic heterocycles. The number of carbonyl (C=O) groups excluding carboxylic acids is 1. The van der Waals surface area contributed by atoms with Crippen molar-refractivity contribution in [3.8, 4) is 0 Å². The van der Waals surface area contributed by atoms with Crippen LogP contribution in [0.15, 0.2) is 36.4 Å². The Morgan fingerprint density at radius 3 is 2.64 bits per heavy atom. The number of nitrogens with one attached hydrogen (secondary N) is 2. The van der Waals surface area contributed by atoms with Crippen molar-refractivity contribution < 1.29 is 13.6 Å². The number of amides is 1. The van der Waals surface area contributed by atoms with Crippen LogP contribution in [0.4, 0.5) is 14.5 Å². The van der Waals surface area contributed by atoms with Gasteiger partial charge in [0.05, 0.1) is 0 Å². The zero-order valence-corrected chi connectivity index (χ0v) is 16.1. The molecule has 28 heavy (non-hydrogen) atoms. The second kappa shape index (κ2) is 7.51. The second-order valence-electron chi connectivity index (χ2n) is 7.77. The van der Waals surface area contributed by atoms with Crippen LogP contribution in [0.3, 0.4) is 0 Å². The van der Waals surface area contributed by atoms with Gasteiger partial charge in [0, 0.05) is 49.0 Å². The Morgan fingerprint density at radius 1 is 1.21 bits per heavy atom. The fourth-order valence-electron chi connectivity index (χ4n) is 4.68. The van der Waals surface area contributed by atoms with Gasteiger partial charge in [-0.1, -0.05) is 6.07 Å². The molecule has 0 aliphatic carbocycles. The number of hydrogen-bond acceptors (Lipinski definition) is 3. The molecule has 0 radical (unpaired) electrons. The molecule has 0 spiro atoms. The third-order valence-electron chi connectivity index (χ3n) is 6.06. The van der Waals surface area contributed by atoms with Gasteiger partial charge in [0.2, 0.25) is 0 Å². The average Bonchev–Trinajstić information content (AvgIpc) is 3.09. The van der Waals surface area contributed by atoms with E-state index in [-0.39, 0.29) is 23.6 Å². The van der Waals surface area contributed by atoms with Crippen LogP contribution < -0.4 is 15.5 Å². The van der Waals surface area contributed by atoms with Crippen LogP contribution in [0, 0.1) is 24.5 Å². The van der Waals surface area contributed by atoms with Crippen molar-refractivity contribution in [2.75, 3.05) is 25.0 Å². The molecular weight excluding hydrogens is 360 g/mol. The Kier molecular flexibility index (Phi) is 5.06. The molecule has 0 aromatic heterocycles. The van der Waals surface area contributed by atoms with Gasteiger partial charge < -0.3 is 15.5 Å². The number of piperidine rings is 1. The number of halogens is 2. The van der Waals surface area contributed by atoms with Gasteiger partial charge in [-0.2, -0.15) is 0 Å². The van der Waals surface area contributed by atoms with Crippen LogP contribution >= 0.6 is 0 Å². The van der Waals surface area contributed by atoms with Gasteiger partial charge in [-0.05, 0) is 61.6 Å². The molecular formula is C22H25F2N3O. The first kappa shape index (κ1) is 18.9. The van der Waals surface area contributed by atoms with E-state index in [0.717, 1.165) is 30.8 Å². The number of nitrogens with zero attached hydrogens (tertiary/aromatic N) is 1. The Hall–Kier alpha value is -2.47. The highest BCUT2D eigenvalue weighted by atomic mass is 19.1. The van der Waals surface area contributed by atoms with Crippen LogP contribution in [-0.4, -0.2) is 32.1 Å². The maximum Gasteiger partial charge on any atom is 0.251 e. The summed E-state index contributed by atoms with van der Waals surface area (Å²) < 4.78 is 28.4. The van der Waals surface area contributed by atoms with Gasteiger partial charge in [0.15, 0.2) is 0 Å². The Balaban J connectivity index is 1.50. The standard InChI is InChI=1S/C22H25F2N3O/c1-13-10-14(22(28)25-2)6-7-20(13)27-9-8-18-15(12-27)11-19(26-18)21-16(23)4-3-5-17(21)24/h3-7,10,15,18-19,26H,8-9,11-12H2,1-2H3,(H,25,28). The van der Waals surface area contributed by atoms with E-state index >= 15 is 0 Å². The lowest BCUT2D eigenvalue weighted by molar-refractivity contribution is 0.0963. The number of benzene rings is 2. The summed E-state index contributed by atoms with van der Waals surface area (Å²) in [6.45, 7) is 3.73. The molecule has 3 unspecified atom stereocenters. The molecule has 148 valence electrons. The molecule has 2 saturated heterocycles. The molecule has 2 aliphatic rings. The van der Waals surface area contributed by atoms with Crippen molar-refractivity contribution in [1.29, 1.82) is 0 Å². The highest BCUT2D eigenvalue weighted by Crippen LogP contribution is 2.39. The molecule has 2 N–H and O–H groups in total. The molecule has 0 saturated carbocycles. The van der Waals surface area contributed by atoms with Crippen LogP contribution in [0.1, 0.15) is 40.4 Å².